The lowest BCUT2D eigenvalue weighted by atomic mass is 9.76. The van der Waals surface area contributed by atoms with Gasteiger partial charge in [0.05, 0.1) is 52.6 Å². The van der Waals surface area contributed by atoms with Crippen LogP contribution in [0.3, 0.4) is 0 Å². The lowest BCUT2D eigenvalue weighted by Gasteiger charge is -2.36. The predicted octanol–water partition coefficient (Wildman–Crippen LogP) is 2.57. The van der Waals surface area contributed by atoms with Crippen LogP contribution in [0.1, 0.15) is 45.2 Å². The van der Waals surface area contributed by atoms with E-state index in [-0.39, 0.29) is 11.9 Å². The molecule has 1 N–H and O–H groups in total. The zero-order chi connectivity index (χ0) is 26.8. The third-order valence-electron chi connectivity index (χ3n) is 6.91. The van der Waals surface area contributed by atoms with E-state index in [9.17, 15) is 13.6 Å². The summed E-state index contributed by atoms with van der Waals surface area (Å²) in [4.78, 5) is 35.5. The molecule has 1 aliphatic carbocycles. The fraction of sp³-hybridized carbons (Fsp3) is 0.440. The van der Waals surface area contributed by atoms with E-state index in [0.717, 1.165) is 18.4 Å². The van der Waals surface area contributed by atoms with Crippen LogP contribution in [0.2, 0.25) is 0 Å². The van der Waals surface area contributed by atoms with Crippen LogP contribution >= 0.6 is 0 Å². The highest BCUT2D eigenvalue weighted by Crippen LogP contribution is 2.44. The van der Waals surface area contributed by atoms with Gasteiger partial charge in [-0.2, -0.15) is 0 Å². The summed E-state index contributed by atoms with van der Waals surface area (Å²) in [7, 11) is 0. The van der Waals surface area contributed by atoms with Crippen molar-refractivity contribution < 1.29 is 23.0 Å². The molecule has 1 aliphatic heterocycles. The standard InChI is InChI=1S/C25H29N7O5S/c1-3-37-21-16-26-15-18(29-21)17-4-5-20(28-14-17)31-22(33)25(9-12-36-13-10-25)19-6-11-27-23(30-19)32(38(34)35)24(2)7-8-24/h4-6,11,14-16H,3,7-10,12-13H2,1-2H3,(H,34,35)(H,28,31,33)/p-1. The number of hydrogen-bond acceptors (Lipinski definition) is 10. The number of pyridine rings is 1. The van der Waals surface area contributed by atoms with Crippen molar-refractivity contribution in [3.63, 3.8) is 0 Å². The highest BCUT2D eigenvalue weighted by atomic mass is 32.2. The highest BCUT2D eigenvalue weighted by molar-refractivity contribution is 7.80. The Bertz CT molecular complexity index is 1330. The minimum atomic E-state index is -2.55. The molecule has 2 fully saturated rings. The Labute approximate surface area is 222 Å². The molecule has 0 spiro atoms. The number of ether oxygens (including phenoxy) is 2. The fourth-order valence-corrected chi connectivity index (χ4v) is 5.23. The molecule has 0 aromatic carbocycles. The van der Waals surface area contributed by atoms with Gasteiger partial charge >= 0.3 is 0 Å². The van der Waals surface area contributed by atoms with Crippen LogP contribution in [-0.2, 0) is 26.2 Å². The van der Waals surface area contributed by atoms with Crippen molar-refractivity contribution in [2.75, 3.05) is 29.4 Å². The average molecular weight is 539 g/mol. The van der Waals surface area contributed by atoms with Crippen molar-refractivity contribution in [1.82, 2.24) is 24.9 Å². The third kappa shape index (κ3) is 5.22. The van der Waals surface area contributed by atoms with E-state index in [4.69, 9.17) is 9.47 Å². The summed E-state index contributed by atoms with van der Waals surface area (Å²) >= 11 is -2.55. The minimum Gasteiger partial charge on any atom is -0.755 e. The molecule has 1 saturated carbocycles. The molecule has 1 atom stereocenters. The van der Waals surface area contributed by atoms with E-state index < -0.39 is 22.2 Å². The zero-order valence-corrected chi connectivity index (χ0v) is 21.9. The van der Waals surface area contributed by atoms with E-state index in [1.807, 2.05) is 13.8 Å². The normalized spacial score (nSPS) is 18.3. The number of rotatable bonds is 9. The Morgan fingerprint density at radius 3 is 2.58 bits per heavy atom. The zero-order valence-electron chi connectivity index (χ0n) is 21.1. The third-order valence-corrected chi connectivity index (χ3v) is 7.82. The maximum Gasteiger partial charge on any atom is 0.237 e. The maximum absolute atomic E-state index is 13.7. The van der Waals surface area contributed by atoms with Crippen molar-refractivity contribution in [1.29, 1.82) is 0 Å². The number of carbonyl (C=O) groups is 1. The monoisotopic (exact) mass is 538 g/mol. The van der Waals surface area contributed by atoms with Gasteiger partial charge in [0.25, 0.3) is 0 Å². The Morgan fingerprint density at radius 2 is 1.92 bits per heavy atom. The van der Waals surface area contributed by atoms with Crippen LogP contribution in [-0.4, -0.2) is 64.9 Å². The van der Waals surface area contributed by atoms with Gasteiger partial charge in [0, 0.05) is 31.2 Å². The van der Waals surface area contributed by atoms with Crippen LogP contribution in [0.15, 0.2) is 43.0 Å². The Morgan fingerprint density at radius 1 is 1.13 bits per heavy atom. The summed E-state index contributed by atoms with van der Waals surface area (Å²) in [5.41, 5.74) is 0.184. The Hall–Kier alpha value is -3.55. The van der Waals surface area contributed by atoms with Crippen molar-refractivity contribution >= 4 is 28.9 Å². The van der Waals surface area contributed by atoms with Gasteiger partial charge in [0.2, 0.25) is 17.7 Å². The summed E-state index contributed by atoms with van der Waals surface area (Å²) in [6.45, 7) is 4.93. The van der Waals surface area contributed by atoms with Gasteiger partial charge in [0.15, 0.2) is 0 Å². The Kier molecular flexibility index (Phi) is 7.32. The predicted molar refractivity (Wildman–Crippen MR) is 138 cm³/mol. The molecule has 13 heteroatoms. The lowest BCUT2D eigenvalue weighted by molar-refractivity contribution is -0.125. The Balaban J connectivity index is 1.40. The lowest BCUT2D eigenvalue weighted by Crippen LogP contribution is -2.46. The molecule has 1 unspecified atom stereocenters. The number of nitrogens with zero attached hydrogens (tertiary/aromatic N) is 6. The highest BCUT2D eigenvalue weighted by Gasteiger charge is 2.47. The number of amides is 1. The molecule has 3 aromatic rings. The van der Waals surface area contributed by atoms with Crippen LogP contribution in [0.25, 0.3) is 11.3 Å². The summed E-state index contributed by atoms with van der Waals surface area (Å²) < 4.78 is 36.2. The quantitative estimate of drug-likeness (QED) is 0.402. The van der Waals surface area contributed by atoms with Gasteiger partial charge in [-0.15, -0.1) is 0 Å². The second kappa shape index (κ2) is 10.7. The minimum absolute atomic E-state index is 0.0624. The van der Waals surface area contributed by atoms with Crippen molar-refractivity contribution in [2.24, 2.45) is 0 Å². The topological polar surface area (TPSA) is 155 Å². The van der Waals surface area contributed by atoms with Gasteiger partial charge in [-0.05, 0) is 57.7 Å². The molecule has 4 heterocycles. The molecule has 200 valence electrons. The molecule has 0 radical (unpaired) electrons. The van der Waals surface area contributed by atoms with Crippen LogP contribution in [0, 0.1) is 0 Å². The van der Waals surface area contributed by atoms with E-state index >= 15 is 0 Å². The molecule has 1 amide bonds. The molecule has 2 aliphatic rings. The molecule has 38 heavy (non-hydrogen) atoms. The molecule has 12 nitrogen and oxygen atoms in total. The van der Waals surface area contributed by atoms with Gasteiger partial charge < -0.3 is 19.3 Å². The van der Waals surface area contributed by atoms with E-state index in [0.29, 0.717) is 55.7 Å². The maximum atomic E-state index is 13.7. The number of anilines is 2. The molecule has 0 bridgehead atoms. The summed E-state index contributed by atoms with van der Waals surface area (Å²) in [5.74, 6) is 0.548. The first kappa shape index (κ1) is 26.1. The van der Waals surface area contributed by atoms with Crippen LogP contribution < -0.4 is 14.4 Å². The van der Waals surface area contributed by atoms with Gasteiger partial charge in [-0.25, -0.2) is 19.9 Å². The smallest absolute Gasteiger partial charge is 0.237 e. The largest absolute Gasteiger partial charge is 0.755 e. The van der Waals surface area contributed by atoms with E-state index in [1.165, 1.54) is 10.5 Å². The molecular formula is C25H28N7O5S-. The van der Waals surface area contributed by atoms with Crippen LogP contribution in [0.5, 0.6) is 5.88 Å². The first-order chi connectivity index (χ1) is 18.3. The van der Waals surface area contributed by atoms with E-state index in [2.05, 4.69) is 30.2 Å². The molecular weight excluding hydrogens is 510 g/mol. The van der Waals surface area contributed by atoms with Gasteiger partial charge in [-0.1, -0.05) is 0 Å². The van der Waals surface area contributed by atoms with Gasteiger partial charge in [0.1, 0.15) is 5.82 Å². The summed E-state index contributed by atoms with van der Waals surface area (Å²) in [5, 5.41) is 2.91. The van der Waals surface area contributed by atoms with Crippen LogP contribution in [0.4, 0.5) is 11.8 Å². The first-order valence-electron chi connectivity index (χ1n) is 12.4. The average Bonchev–Trinajstić information content (AvgIpc) is 3.67. The fourth-order valence-electron chi connectivity index (χ4n) is 4.46. The summed E-state index contributed by atoms with van der Waals surface area (Å²) in [6.07, 6.45) is 8.45. The number of hydrogen-bond donors (Lipinski definition) is 1. The first-order valence-corrected chi connectivity index (χ1v) is 13.4. The second-order valence-corrected chi connectivity index (χ2v) is 10.3. The van der Waals surface area contributed by atoms with Gasteiger partial charge in [-0.3, -0.25) is 18.3 Å². The molecule has 5 rings (SSSR count). The molecule has 3 aromatic heterocycles. The van der Waals surface area contributed by atoms with E-state index in [1.54, 1.807) is 36.8 Å². The number of aromatic nitrogens is 5. The van der Waals surface area contributed by atoms with Crippen molar-refractivity contribution in [3.05, 3.63) is 48.7 Å². The van der Waals surface area contributed by atoms with Crippen molar-refractivity contribution in [3.8, 4) is 17.1 Å². The number of carbonyl (C=O) groups excluding carboxylic acids is 1. The SMILES string of the molecule is CCOc1cncc(-c2ccc(NC(=O)C3(c4ccnc(N(S(=O)[O-])C5(C)CC5)n4)CCOCC3)nc2)n1. The number of nitrogens with one attached hydrogen (secondary N) is 1. The second-order valence-electron chi connectivity index (χ2n) is 9.51. The summed E-state index contributed by atoms with van der Waals surface area (Å²) in [6, 6.07) is 5.15. The molecule has 1 saturated heterocycles. The van der Waals surface area contributed by atoms with Crippen molar-refractivity contribution in [2.45, 2.75) is 50.5 Å².